The van der Waals surface area contributed by atoms with Crippen molar-refractivity contribution < 1.29 is 13.2 Å². The van der Waals surface area contributed by atoms with Crippen LogP contribution in [0, 0.1) is 5.92 Å². The van der Waals surface area contributed by atoms with E-state index in [1.807, 2.05) is 11.0 Å². The molecule has 30 heavy (non-hydrogen) atoms. The number of primary sulfonamides is 1. The summed E-state index contributed by atoms with van der Waals surface area (Å²) in [6.07, 6.45) is 4.56. The van der Waals surface area contributed by atoms with Crippen molar-refractivity contribution in [1.29, 1.82) is 0 Å². The van der Waals surface area contributed by atoms with Crippen LogP contribution in [-0.4, -0.2) is 52.4 Å². The van der Waals surface area contributed by atoms with Crippen molar-refractivity contribution in [2.24, 2.45) is 11.1 Å². The van der Waals surface area contributed by atoms with Gasteiger partial charge in [-0.3, -0.25) is 4.79 Å². The van der Waals surface area contributed by atoms with Gasteiger partial charge in [-0.15, -0.1) is 10.2 Å². The number of hydrogen-bond donors (Lipinski definition) is 2. The Kier molecular flexibility index (Phi) is 5.42. The normalized spacial score (nSPS) is 17.0. The Labute approximate surface area is 173 Å². The van der Waals surface area contributed by atoms with E-state index in [9.17, 15) is 13.2 Å². The van der Waals surface area contributed by atoms with Gasteiger partial charge in [0.25, 0.3) is 0 Å². The Balaban J connectivity index is 1.40. The summed E-state index contributed by atoms with van der Waals surface area (Å²) in [6.45, 7) is 1.29. The predicted octanol–water partition coefficient (Wildman–Crippen LogP) is 0.560. The zero-order chi connectivity index (χ0) is 21.1. The first kappa shape index (κ1) is 19.9. The summed E-state index contributed by atoms with van der Waals surface area (Å²) in [5, 5.41) is 20.4. The van der Waals surface area contributed by atoms with Crippen molar-refractivity contribution >= 4 is 27.4 Å². The zero-order valence-electron chi connectivity index (χ0n) is 15.9. The second-order valence-corrected chi connectivity index (χ2v) is 8.50. The molecule has 4 rings (SSSR count). The first-order chi connectivity index (χ1) is 14.4. The van der Waals surface area contributed by atoms with Crippen LogP contribution in [0.15, 0.2) is 53.9 Å². The molecule has 2 aromatic heterocycles. The molecule has 1 aromatic carbocycles. The van der Waals surface area contributed by atoms with Crippen LogP contribution in [-0.2, 0) is 14.8 Å². The van der Waals surface area contributed by atoms with E-state index >= 15 is 0 Å². The van der Waals surface area contributed by atoms with Gasteiger partial charge < -0.3 is 10.2 Å². The lowest BCUT2D eigenvalue weighted by atomic mass is 9.97. The summed E-state index contributed by atoms with van der Waals surface area (Å²) in [7, 11) is -3.77. The maximum Gasteiger partial charge on any atom is 0.238 e. The zero-order valence-corrected chi connectivity index (χ0v) is 16.7. The molecule has 1 aliphatic heterocycles. The summed E-state index contributed by atoms with van der Waals surface area (Å²) < 4.78 is 24.2. The average Bonchev–Trinajstić information content (AvgIpc) is 3.29. The van der Waals surface area contributed by atoms with E-state index < -0.39 is 10.0 Å². The van der Waals surface area contributed by atoms with E-state index in [0.29, 0.717) is 23.9 Å². The molecule has 0 unspecified atom stereocenters. The van der Waals surface area contributed by atoms with Crippen molar-refractivity contribution in [2.75, 3.05) is 23.3 Å². The molecule has 3 N–H and O–H groups in total. The van der Waals surface area contributed by atoms with Gasteiger partial charge in [-0.05, 0) is 49.2 Å². The van der Waals surface area contributed by atoms with Gasteiger partial charge in [-0.1, -0.05) is 0 Å². The van der Waals surface area contributed by atoms with Gasteiger partial charge >= 0.3 is 0 Å². The summed E-state index contributed by atoms with van der Waals surface area (Å²) in [5.41, 5.74) is 0.515. The standard InChI is InChI=1S/C18H20N8O3S/c19-30(28,29)15-5-3-14(4-6-15)22-18(27)13-2-1-9-25(10-13)16-7-8-17(24-23-16)26-12-20-11-21-26/h3-8,11-13H,1-2,9-10H2,(H,22,27)(H2,19,28,29)/t13-/m1/s1. The molecule has 1 atom stereocenters. The van der Waals surface area contributed by atoms with Crippen molar-refractivity contribution in [3.63, 3.8) is 0 Å². The quantitative estimate of drug-likeness (QED) is 0.599. The number of nitrogens with two attached hydrogens (primary N) is 1. The number of benzene rings is 1. The topological polar surface area (TPSA) is 149 Å². The van der Waals surface area contributed by atoms with Crippen molar-refractivity contribution in [3.8, 4) is 5.82 Å². The van der Waals surface area contributed by atoms with Crippen LogP contribution in [0.2, 0.25) is 0 Å². The first-order valence-electron chi connectivity index (χ1n) is 9.27. The largest absolute Gasteiger partial charge is 0.354 e. The second-order valence-electron chi connectivity index (χ2n) is 6.93. The smallest absolute Gasteiger partial charge is 0.238 e. The highest BCUT2D eigenvalue weighted by Crippen LogP contribution is 2.23. The van der Waals surface area contributed by atoms with Gasteiger partial charge in [0.1, 0.15) is 12.7 Å². The SMILES string of the molecule is NS(=O)(=O)c1ccc(NC(=O)[C@@H]2CCCN(c3ccc(-n4cncn4)nn3)C2)cc1. The summed E-state index contributed by atoms with van der Waals surface area (Å²) in [6, 6.07) is 9.41. The number of sulfonamides is 1. The molecule has 1 aliphatic rings. The van der Waals surface area contributed by atoms with E-state index in [0.717, 1.165) is 19.4 Å². The minimum Gasteiger partial charge on any atom is -0.354 e. The molecule has 0 saturated carbocycles. The van der Waals surface area contributed by atoms with Gasteiger partial charge in [0.05, 0.1) is 10.8 Å². The number of anilines is 2. The minimum absolute atomic E-state index is 0.00254. The van der Waals surface area contributed by atoms with E-state index in [-0.39, 0.29) is 16.7 Å². The van der Waals surface area contributed by atoms with Gasteiger partial charge in [0.2, 0.25) is 15.9 Å². The molecule has 1 saturated heterocycles. The third-order valence-corrected chi connectivity index (χ3v) is 5.79. The number of carbonyl (C=O) groups is 1. The molecule has 1 amide bonds. The highest BCUT2D eigenvalue weighted by Gasteiger charge is 2.27. The van der Waals surface area contributed by atoms with E-state index in [1.165, 1.54) is 35.3 Å². The van der Waals surface area contributed by atoms with Crippen LogP contribution in [0.3, 0.4) is 0 Å². The van der Waals surface area contributed by atoms with Crippen LogP contribution in [0.5, 0.6) is 0 Å². The Morgan fingerprint density at radius 2 is 1.83 bits per heavy atom. The molecule has 3 aromatic rings. The van der Waals surface area contributed by atoms with Crippen LogP contribution in [0.4, 0.5) is 11.5 Å². The molecule has 0 bridgehead atoms. The Morgan fingerprint density at radius 1 is 1.10 bits per heavy atom. The van der Waals surface area contributed by atoms with E-state index in [1.54, 1.807) is 12.4 Å². The number of hydrogen-bond acceptors (Lipinski definition) is 8. The molecule has 156 valence electrons. The second kappa shape index (κ2) is 8.16. The average molecular weight is 428 g/mol. The summed E-state index contributed by atoms with van der Waals surface area (Å²) >= 11 is 0. The van der Waals surface area contributed by atoms with E-state index in [4.69, 9.17) is 5.14 Å². The number of rotatable bonds is 5. The monoisotopic (exact) mass is 428 g/mol. The van der Waals surface area contributed by atoms with Crippen molar-refractivity contribution in [2.45, 2.75) is 17.7 Å². The van der Waals surface area contributed by atoms with Gasteiger partial charge in [0, 0.05) is 18.8 Å². The fourth-order valence-electron chi connectivity index (χ4n) is 3.31. The lowest BCUT2D eigenvalue weighted by Gasteiger charge is -2.32. The number of nitrogens with one attached hydrogen (secondary N) is 1. The number of amides is 1. The third kappa shape index (κ3) is 4.44. The van der Waals surface area contributed by atoms with Gasteiger partial charge in [-0.2, -0.15) is 5.10 Å². The third-order valence-electron chi connectivity index (χ3n) is 4.86. The molecule has 1 fully saturated rings. The first-order valence-corrected chi connectivity index (χ1v) is 10.8. The molecule has 0 radical (unpaired) electrons. The van der Waals surface area contributed by atoms with E-state index in [2.05, 4.69) is 25.6 Å². The van der Waals surface area contributed by atoms with Crippen molar-refractivity contribution in [1.82, 2.24) is 25.0 Å². The van der Waals surface area contributed by atoms with Crippen LogP contribution in [0.25, 0.3) is 5.82 Å². The molecule has 3 heterocycles. The van der Waals surface area contributed by atoms with Gasteiger partial charge in [-0.25, -0.2) is 23.2 Å². The molecule has 12 heteroatoms. The molecular formula is C18H20N8O3S. The molecular weight excluding hydrogens is 408 g/mol. The lowest BCUT2D eigenvalue weighted by Crippen LogP contribution is -2.41. The number of nitrogens with zero attached hydrogens (tertiary/aromatic N) is 6. The number of carbonyl (C=O) groups excluding carboxylic acids is 1. The molecule has 11 nitrogen and oxygen atoms in total. The van der Waals surface area contributed by atoms with Crippen LogP contribution < -0.4 is 15.4 Å². The highest BCUT2D eigenvalue weighted by atomic mass is 32.2. The number of piperidine rings is 1. The Bertz CT molecular complexity index is 1120. The molecule has 0 aliphatic carbocycles. The number of aromatic nitrogens is 5. The Hall–Kier alpha value is -3.38. The maximum atomic E-state index is 12.7. The molecule has 0 spiro atoms. The summed E-state index contributed by atoms with van der Waals surface area (Å²) in [5.74, 6) is 0.892. The fourth-order valence-corrected chi connectivity index (χ4v) is 3.82. The summed E-state index contributed by atoms with van der Waals surface area (Å²) in [4.78, 5) is 18.6. The minimum atomic E-state index is -3.77. The predicted molar refractivity (Wildman–Crippen MR) is 108 cm³/mol. The fraction of sp³-hybridized carbons (Fsp3) is 0.278. The highest BCUT2D eigenvalue weighted by molar-refractivity contribution is 7.89. The van der Waals surface area contributed by atoms with Crippen LogP contribution in [0.1, 0.15) is 12.8 Å². The van der Waals surface area contributed by atoms with Crippen molar-refractivity contribution in [3.05, 3.63) is 49.1 Å². The maximum absolute atomic E-state index is 12.7. The van der Waals surface area contributed by atoms with Crippen LogP contribution >= 0.6 is 0 Å². The van der Waals surface area contributed by atoms with Gasteiger partial charge in [0.15, 0.2) is 11.6 Å². The lowest BCUT2D eigenvalue weighted by molar-refractivity contribution is -0.120. The Morgan fingerprint density at radius 3 is 2.47 bits per heavy atom.